The van der Waals surface area contributed by atoms with Crippen molar-refractivity contribution in [1.29, 1.82) is 0 Å². The first-order chi connectivity index (χ1) is 12.2. The maximum atomic E-state index is 12.3. The van der Waals surface area contributed by atoms with Crippen LogP contribution in [0, 0.1) is 0 Å². The third-order valence-corrected chi connectivity index (χ3v) is 5.22. The first-order valence-corrected chi connectivity index (χ1v) is 8.92. The number of benzene rings is 3. The Kier molecular flexibility index (Phi) is 4.22. The highest BCUT2D eigenvalue weighted by atomic mass is 35.5. The lowest BCUT2D eigenvalue weighted by atomic mass is 10.2. The summed E-state index contributed by atoms with van der Waals surface area (Å²) in [6, 6.07) is 22.7. The zero-order valence-corrected chi connectivity index (χ0v) is 14.6. The molecule has 122 valence electrons. The van der Waals surface area contributed by atoms with Crippen LogP contribution >= 0.6 is 22.9 Å². The van der Waals surface area contributed by atoms with Gasteiger partial charge in [0.15, 0.2) is 0 Å². The fraction of sp³-hybridized carbons (Fsp3) is 0. The predicted molar refractivity (Wildman–Crippen MR) is 104 cm³/mol. The average molecular weight is 365 g/mol. The van der Waals surface area contributed by atoms with Gasteiger partial charge in [0, 0.05) is 11.3 Å². The molecule has 0 fully saturated rings. The second-order valence-electron chi connectivity index (χ2n) is 5.50. The van der Waals surface area contributed by atoms with Crippen LogP contribution in [0.3, 0.4) is 0 Å². The lowest BCUT2D eigenvalue weighted by molar-refractivity contribution is 0.102. The van der Waals surface area contributed by atoms with Gasteiger partial charge < -0.3 is 5.32 Å². The molecular formula is C20H13ClN2OS. The molecule has 0 saturated carbocycles. The Morgan fingerprint density at radius 1 is 0.920 bits per heavy atom. The minimum Gasteiger partial charge on any atom is -0.322 e. The topological polar surface area (TPSA) is 42.0 Å². The van der Waals surface area contributed by atoms with Gasteiger partial charge in [-0.3, -0.25) is 4.79 Å². The van der Waals surface area contributed by atoms with E-state index >= 15 is 0 Å². The summed E-state index contributed by atoms with van der Waals surface area (Å²) in [5.41, 5.74) is 3.20. The molecule has 0 spiro atoms. The number of amides is 1. The zero-order valence-electron chi connectivity index (χ0n) is 13.1. The molecule has 0 bridgehead atoms. The molecule has 0 aliphatic rings. The Morgan fingerprint density at radius 3 is 2.40 bits per heavy atom. The molecule has 0 aliphatic heterocycles. The Morgan fingerprint density at radius 2 is 1.64 bits per heavy atom. The first-order valence-electron chi connectivity index (χ1n) is 7.72. The van der Waals surface area contributed by atoms with Crippen LogP contribution in [-0.4, -0.2) is 10.9 Å². The van der Waals surface area contributed by atoms with Crippen LogP contribution in [0.2, 0.25) is 5.02 Å². The van der Waals surface area contributed by atoms with Gasteiger partial charge in [-0.1, -0.05) is 35.9 Å². The van der Waals surface area contributed by atoms with E-state index in [1.807, 2.05) is 42.5 Å². The molecule has 3 nitrogen and oxygen atoms in total. The molecule has 0 unspecified atom stereocenters. The molecule has 1 amide bonds. The number of nitrogens with one attached hydrogen (secondary N) is 1. The maximum Gasteiger partial charge on any atom is 0.257 e. The van der Waals surface area contributed by atoms with Crippen molar-refractivity contribution >= 4 is 44.7 Å². The number of carbonyl (C=O) groups is 1. The van der Waals surface area contributed by atoms with E-state index in [0.717, 1.165) is 26.5 Å². The average Bonchev–Trinajstić information content (AvgIpc) is 3.07. The van der Waals surface area contributed by atoms with Gasteiger partial charge >= 0.3 is 0 Å². The van der Waals surface area contributed by atoms with E-state index in [4.69, 9.17) is 11.6 Å². The second kappa shape index (κ2) is 6.67. The van der Waals surface area contributed by atoms with E-state index in [-0.39, 0.29) is 5.91 Å². The summed E-state index contributed by atoms with van der Waals surface area (Å²) in [5, 5.41) is 4.26. The van der Waals surface area contributed by atoms with E-state index in [0.29, 0.717) is 10.6 Å². The van der Waals surface area contributed by atoms with Crippen molar-refractivity contribution in [2.75, 3.05) is 5.32 Å². The van der Waals surface area contributed by atoms with Gasteiger partial charge in [0.2, 0.25) is 0 Å². The van der Waals surface area contributed by atoms with E-state index in [1.54, 1.807) is 35.6 Å². The number of halogens is 1. The number of thiazole rings is 1. The third kappa shape index (κ3) is 3.27. The van der Waals surface area contributed by atoms with Gasteiger partial charge in [-0.25, -0.2) is 4.98 Å². The van der Waals surface area contributed by atoms with Crippen LogP contribution in [0.4, 0.5) is 5.69 Å². The Balaban J connectivity index is 1.56. The number of nitrogens with zero attached hydrogens (tertiary/aromatic N) is 1. The molecule has 0 aliphatic carbocycles. The zero-order chi connectivity index (χ0) is 17.2. The van der Waals surface area contributed by atoms with Crippen LogP contribution in [-0.2, 0) is 0 Å². The van der Waals surface area contributed by atoms with Gasteiger partial charge in [0.05, 0.1) is 20.8 Å². The summed E-state index contributed by atoms with van der Waals surface area (Å²) < 4.78 is 1.16. The lowest BCUT2D eigenvalue weighted by Crippen LogP contribution is -2.12. The maximum absolute atomic E-state index is 12.3. The van der Waals surface area contributed by atoms with E-state index in [9.17, 15) is 4.79 Å². The minimum atomic E-state index is -0.224. The van der Waals surface area contributed by atoms with Crippen molar-refractivity contribution in [2.45, 2.75) is 0 Å². The molecule has 0 radical (unpaired) electrons. The fourth-order valence-corrected chi connectivity index (χ4v) is 3.73. The predicted octanol–water partition coefficient (Wildman–Crippen LogP) is 5.87. The Bertz CT molecular complexity index is 1020. The molecule has 0 saturated heterocycles. The minimum absolute atomic E-state index is 0.224. The summed E-state index contributed by atoms with van der Waals surface area (Å²) in [4.78, 5) is 16.9. The SMILES string of the molecule is O=C(Nc1ccc(-c2nc3ccccc3s2)cc1)c1ccccc1Cl. The van der Waals surface area contributed by atoms with Gasteiger partial charge in [-0.15, -0.1) is 11.3 Å². The molecule has 1 aromatic heterocycles. The lowest BCUT2D eigenvalue weighted by Gasteiger charge is -2.07. The highest BCUT2D eigenvalue weighted by Crippen LogP contribution is 2.30. The normalized spacial score (nSPS) is 10.8. The van der Waals surface area contributed by atoms with Gasteiger partial charge in [-0.05, 0) is 48.5 Å². The third-order valence-electron chi connectivity index (χ3n) is 3.80. The number of para-hydroxylation sites is 1. The van der Waals surface area contributed by atoms with Crippen molar-refractivity contribution in [3.05, 3.63) is 83.4 Å². The quantitative estimate of drug-likeness (QED) is 0.494. The van der Waals surface area contributed by atoms with Crippen LogP contribution < -0.4 is 5.32 Å². The van der Waals surface area contributed by atoms with Crippen LogP contribution in [0.25, 0.3) is 20.8 Å². The van der Waals surface area contributed by atoms with Crippen LogP contribution in [0.15, 0.2) is 72.8 Å². The fourth-order valence-electron chi connectivity index (χ4n) is 2.54. The van der Waals surface area contributed by atoms with Crippen LogP contribution in [0.1, 0.15) is 10.4 Å². The summed E-state index contributed by atoms with van der Waals surface area (Å²) in [6.45, 7) is 0. The number of rotatable bonds is 3. The number of aromatic nitrogens is 1. The molecule has 3 aromatic carbocycles. The Labute approximate surface area is 153 Å². The van der Waals surface area contributed by atoms with Crippen molar-refractivity contribution in [3.8, 4) is 10.6 Å². The highest BCUT2D eigenvalue weighted by molar-refractivity contribution is 7.21. The molecule has 1 heterocycles. The van der Waals surface area contributed by atoms with Crippen molar-refractivity contribution < 1.29 is 4.79 Å². The number of anilines is 1. The first kappa shape index (κ1) is 15.8. The van der Waals surface area contributed by atoms with Crippen LogP contribution in [0.5, 0.6) is 0 Å². The molecule has 0 atom stereocenters. The summed E-state index contributed by atoms with van der Waals surface area (Å²) in [6.07, 6.45) is 0. The van der Waals surface area contributed by atoms with E-state index in [1.165, 1.54) is 0 Å². The standard InChI is InChI=1S/C20H13ClN2OS/c21-16-6-2-1-5-15(16)19(24)22-14-11-9-13(10-12-14)20-23-17-7-3-4-8-18(17)25-20/h1-12H,(H,22,24). The summed E-state index contributed by atoms with van der Waals surface area (Å²) in [7, 11) is 0. The smallest absolute Gasteiger partial charge is 0.257 e. The molecular weight excluding hydrogens is 352 g/mol. The molecule has 5 heteroatoms. The molecule has 4 aromatic rings. The van der Waals surface area contributed by atoms with E-state index in [2.05, 4.69) is 16.4 Å². The van der Waals surface area contributed by atoms with Gasteiger partial charge in [-0.2, -0.15) is 0 Å². The van der Waals surface area contributed by atoms with Gasteiger partial charge in [0.1, 0.15) is 5.01 Å². The van der Waals surface area contributed by atoms with Crippen molar-refractivity contribution in [1.82, 2.24) is 4.98 Å². The number of fused-ring (bicyclic) bond motifs is 1. The van der Waals surface area contributed by atoms with E-state index < -0.39 is 0 Å². The number of carbonyl (C=O) groups excluding carboxylic acids is 1. The van der Waals surface area contributed by atoms with Crippen molar-refractivity contribution in [3.63, 3.8) is 0 Å². The van der Waals surface area contributed by atoms with Gasteiger partial charge in [0.25, 0.3) is 5.91 Å². The number of hydrogen-bond acceptors (Lipinski definition) is 3. The summed E-state index contributed by atoms with van der Waals surface area (Å²) in [5.74, 6) is -0.224. The summed E-state index contributed by atoms with van der Waals surface area (Å²) >= 11 is 7.71. The monoisotopic (exact) mass is 364 g/mol. The molecule has 1 N–H and O–H groups in total. The molecule has 4 rings (SSSR count). The van der Waals surface area contributed by atoms with Crippen molar-refractivity contribution in [2.24, 2.45) is 0 Å². The second-order valence-corrected chi connectivity index (χ2v) is 6.94. The highest BCUT2D eigenvalue weighted by Gasteiger charge is 2.10. The molecule has 25 heavy (non-hydrogen) atoms. The Hall–Kier alpha value is -2.69. The largest absolute Gasteiger partial charge is 0.322 e. The number of hydrogen-bond donors (Lipinski definition) is 1.